The van der Waals surface area contributed by atoms with E-state index in [9.17, 15) is 32.3 Å². The minimum absolute atomic E-state index is 0.0173. The summed E-state index contributed by atoms with van der Waals surface area (Å²) in [6.45, 7) is 0.643. The highest BCUT2D eigenvalue weighted by atomic mass is 19.4. The molecule has 0 radical (unpaired) electrons. The van der Waals surface area contributed by atoms with Crippen molar-refractivity contribution >= 4 is 23.8 Å². The topological polar surface area (TPSA) is 125 Å². The van der Waals surface area contributed by atoms with E-state index < -0.39 is 60.3 Å². The maximum Gasteiger partial charge on any atom is 0.406 e. The lowest BCUT2D eigenvalue weighted by molar-refractivity contribution is -0.157. The van der Waals surface area contributed by atoms with Crippen LogP contribution in [0.1, 0.15) is 31.4 Å². The molecule has 0 bridgehead atoms. The lowest BCUT2D eigenvalue weighted by atomic mass is 9.84. The number of urea groups is 1. The molecule has 2 aliphatic rings. The van der Waals surface area contributed by atoms with Crippen molar-refractivity contribution in [1.82, 2.24) is 20.0 Å². The quantitative estimate of drug-likeness (QED) is 0.410. The molecular weight excluding hydrogens is 555 g/mol. The van der Waals surface area contributed by atoms with E-state index in [0.717, 1.165) is 10.5 Å². The molecule has 5 amide bonds. The number of ether oxygens (including phenoxy) is 1. The molecular formula is C29H34F3N5O5. The van der Waals surface area contributed by atoms with Crippen LogP contribution in [0.15, 0.2) is 60.7 Å². The number of amides is 5. The fourth-order valence-corrected chi connectivity index (χ4v) is 5.08. The molecule has 10 nitrogen and oxygen atoms in total. The number of fused-ring (bicyclic) bond motifs is 1. The maximum atomic E-state index is 13.7. The van der Waals surface area contributed by atoms with Gasteiger partial charge in [0.2, 0.25) is 11.8 Å². The highest BCUT2D eigenvalue weighted by Gasteiger charge is 2.61. The van der Waals surface area contributed by atoms with Gasteiger partial charge in [0.05, 0.1) is 25.4 Å². The minimum Gasteiger partial charge on any atom is -0.374 e. The van der Waals surface area contributed by atoms with Crippen molar-refractivity contribution in [3.8, 4) is 0 Å². The molecule has 2 atom stereocenters. The molecule has 1 unspecified atom stereocenters. The summed E-state index contributed by atoms with van der Waals surface area (Å²) < 4.78 is 45.8. The zero-order valence-corrected chi connectivity index (χ0v) is 23.4. The van der Waals surface area contributed by atoms with E-state index in [1.807, 2.05) is 30.3 Å². The van der Waals surface area contributed by atoms with Crippen molar-refractivity contribution < 1.29 is 37.1 Å². The van der Waals surface area contributed by atoms with Crippen molar-refractivity contribution in [1.29, 1.82) is 0 Å². The van der Waals surface area contributed by atoms with Gasteiger partial charge in [-0.3, -0.25) is 24.2 Å². The molecule has 2 aromatic carbocycles. The second-order valence-electron chi connectivity index (χ2n) is 11.2. The second kappa shape index (κ2) is 12.1. The first-order chi connectivity index (χ1) is 19.7. The number of alkyl halides is 3. The molecule has 3 N–H and O–H groups in total. The van der Waals surface area contributed by atoms with Crippen LogP contribution in [0.3, 0.4) is 0 Å². The standard InChI is InChI=1S/C29H34F3N5O5/c1-27(2,33)24(39)34-22(17-42-16-21-11-7-4-8-12-21)23(38)35-14-13-28(15-20-9-5-3-6-10-20)25(40)36(18-29(30,31)32)26(41)37(28)19-35/h3-12,22H,13-19,33H2,1-2H3,(H,34,39)/t22-,28?/m1/s1. The normalized spacial score (nSPS) is 20.0. The Morgan fingerprint density at radius 2 is 1.62 bits per heavy atom. The number of nitrogens with zero attached hydrogens (tertiary/aromatic N) is 3. The average Bonchev–Trinajstić information content (AvgIpc) is 3.12. The number of carbonyl (C=O) groups is 4. The number of carbonyl (C=O) groups excluding carboxylic acids is 4. The SMILES string of the molecule is CC(C)(N)C(=O)N[C@H](COCc1ccccc1)C(=O)N1CCC2(Cc3ccccc3)C(=O)N(CC(F)(F)F)C(=O)N2C1. The first kappa shape index (κ1) is 31.0. The third-order valence-electron chi connectivity index (χ3n) is 7.30. The summed E-state index contributed by atoms with van der Waals surface area (Å²) in [6, 6.07) is 15.5. The van der Waals surface area contributed by atoms with Crippen LogP contribution in [-0.4, -0.2) is 88.1 Å². The Morgan fingerprint density at radius 3 is 2.19 bits per heavy atom. The van der Waals surface area contributed by atoms with Gasteiger partial charge in [0, 0.05) is 13.0 Å². The summed E-state index contributed by atoms with van der Waals surface area (Å²) in [5, 5.41) is 2.60. The van der Waals surface area contributed by atoms with Gasteiger partial charge in [0.15, 0.2) is 0 Å². The lowest BCUT2D eigenvalue weighted by Gasteiger charge is -2.45. The average molecular weight is 590 g/mol. The molecule has 2 aliphatic heterocycles. The molecule has 2 fully saturated rings. The molecule has 4 rings (SSSR count). The van der Waals surface area contributed by atoms with Crippen LogP contribution >= 0.6 is 0 Å². The summed E-state index contributed by atoms with van der Waals surface area (Å²) in [5.41, 5.74) is 4.50. The lowest BCUT2D eigenvalue weighted by Crippen LogP contribution is -2.64. The van der Waals surface area contributed by atoms with Crippen LogP contribution in [0.2, 0.25) is 0 Å². The van der Waals surface area contributed by atoms with Crippen LogP contribution in [-0.2, 0) is 32.1 Å². The van der Waals surface area contributed by atoms with Gasteiger partial charge in [-0.1, -0.05) is 60.7 Å². The zero-order chi connectivity index (χ0) is 30.7. The third kappa shape index (κ3) is 6.90. The largest absolute Gasteiger partial charge is 0.406 e. The fourth-order valence-electron chi connectivity index (χ4n) is 5.08. The molecule has 0 saturated carbocycles. The van der Waals surface area contributed by atoms with Crippen LogP contribution in [0.25, 0.3) is 0 Å². The van der Waals surface area contributed by atoms with Gasteiger partial charge in [-0.2, -0.15) is 13.2 Å². The number of benzene rings is 2. The summed E-state index contributed by atoms with van der Waals surface area (Å²) in [7, 11) is 0. The molecule has 0 aliphatic carbocycles. The van der Waals surface area contributed by atoms with E-state index >= 15 is 0 Å². The van der Waals surface area contributed by atoms with E-state index in [-0.39, 0.29) is 37.5 Å². The summed E-state index contributed by atoms with van der Waals surface area (Å²) in [4.78, 5) is 55.7. The van der Waals surface area contributed by atoms with E-state index in [1.54, 1.807) is 30.3 Å². The smallest absolute Gasteiger partial charge is 0.374 e. The van der Waals surface area contributed by atoms with Gasteiger partial charge in [0.1, 0.15) is 18.1 Å². The Labute approximate surface area is 241 Å². The third-order valence-corrected chi connectivity index (χ3v) is 7.30. The van der Waals surface area contributed by atoms with Gasteiger partial charge in [-0.05, 0) is 31.4 Å². The maximum absolute atomic E-state index is 13.7. The number of rotatable bonds is 10. The summed E-state index contributed by atoms with van der Waals surface area (Å²) >= 11 is 0. The van der Waals surface area contributed by atoms with E-state index in [1.165, 1.54) is 18.7 Å². The Balaban J connectivity index is 1.57. The molecule has 2 saturated heterocycles. The number of nitrogens with two attached hydrogens (primary N) is 1. The predicted molar refractivity (Wildman–Crippen MR) is 145 cm³/mol. The van der Waals surface area contributed by atoms with Crippen molar-refractivity contribution in [2.24, 2.45) is 5.73 Å². The molecule has 226 valence electrons. The highest BCUT2D eigenvalue weighted by molar-refractivity contribution is 6.07. The Hall–Kier alpha value is -3.97. The number of nitrogens with one attached hydrogen (secondary N) is 1. The van der Waals surface area contributed by atoms with Crippen molar-refractivity contribution in [3.05, 3.63) is 71.8 Å². The zero-order valence-electron chi connectivity index (χ0n) is 23.4. The minimum atomic E-state index is -4.80. The first-order valence-electron chi connectivity index (χ1n) is 13.5. The Kier molecular flexibility index (Phi) is 8.92. The molecule has 0 aromatic heterocycles. The van der Waals surface area contributed by atoms with Crippen molar-refractivity contribution in [2.75, 3.05) is 26.4 Å². The summed E-state index contributed by atoms with van der Waals surface area (Å²) in [6.07, 6.45) is -4.92. The number of hydrogen-bond acceptors (Lipinski definition) is 6. The van der Waals surface area contributed by atoms with Crippen LogP contribution in [0.5, 0.6) is 0 Å². The Bertz CT molecular complexity index is 1300. The van der Waals surface area contributed by atoms with Gasteiger partial charge in [-0.15, -0.1) is 0 Å². The molecule has 2 heterocycles. The monoisotopic (exact) mass is 589 g/mol. The number of halogens is 3. The molecule has 42 heavy (non-hydrogen) atoms. The number of imide groups is 1. The van der Waals surface area contributed by atoms with Crippen LogP contribution < -0.4 is 11.1 Å². The van der Waals surface area contributed by atoms with Gasteiger partial charge >= 0.3 is 12.2 Å². The van der Waals surface area contributed by atoms with Crippen LogP contribution in [0, 0.1) is 0 Å². The van der Waals surface area contributed by atoms with Gasteiger partial charge in [-0.25, -0.2) is 4.79 Å². The fraction of sp³-hybridized carbons (Fsp3) is 0.448. The van der Waals surface area contributed by atoms with E-state index in [2.05, 4.69) is 5.32 Å². The molecule has 0 spiro atoms. The number of hydrogen-bond donors (Lipinski definition) is 2. The van der Waals surface area contributed by atoms with E-state index in [0.29, 0.717) is 5.56 Å². The first-order valence-corrected chi connectivity index (χ1v) is 13.5. The highest BCUT2D eigenvalue weighted by Crippen LogP contribution is 2.39. The molecule has 13 heteroatoms. The van der Waals surface area contributed by atoms with Gasteiger partial charge in [0.25, 0.3) is 5.91 Å². The Morgan fingerprint density at radius 1 is 1.02 bits per heavy atom. The van der Waals surface area contributed by atoms with Crippen LogP contribution in [0.4, 0.5) is 18.0 Å². The van der Waals surface area contributed by atoms with Gasteiger partial charge < -0.3 is 20.7 Å². The summed E-state index contributed by atoms with van der Waals surface area (Å²) in [5.74, 6) is -2.20. The van der Waals surface area contributed by atoms with Crippen molar-refractivity contribution in [2.45, 2.75) is 56.6 Å². The second-order valence-corrected chi connectivity index (χ2v) is 11.2. The molecule has 2 aromatic rings. The predicted octanol–water partition coefficient (Wildman–Crippen LogP) is 2.42. The van der Waals surface area contributed by atoms with Crippen molar-refractivity contribution in [3.63, 3.8) is 0 Å². The van der Waals surface area contributed by atoms with E-state index in [4.69, 9.17) is 10.5 Å².